The lowest BCUT2D eigenvalue weighted by Crippen LogP contribution is -2.35. The summed E-state index contributed by atoms with van der Waals surface area (Å²) in [6.07, 6.45) is 0. The number of amides is 2. The standard InChI is InChI=1S/C19H38N4O7S/c1-16(24)17(21-2)14-31-15-19(26)23-5-8-29-10-9-28-7-4-22-18(25)13-30-12-11-27-6-3-20/h17,21H,3-15,20H2,1-2H3,(H,22,25)(H,23,26)/t17-/m0/s1. The number of hydrogen-bond acceptors (Lipinski definition) is 10. The number of Topliss-reactive ketones (excluding diaryl/α,β-unsaturated/α-hetero) is 1. The van der Waals surface area contributed by atoms with Crippen LogP contribution in [0.1, 0.15) is 6.92 Å². The molecular weight excluding hydrogens is 428 g/mol. The number of ether oxygens (including phenoxy) is 4. The van der Waals surface area contributed by atoms with Gasteiger partial charge < -0.3 is 40.6 Å². The van der Waals surface area contributed by atoms with E-state index in [0.717, 1.165) is 0 Å². The molecule has 0 aromatic rings. The predicted molar refractivity (Wildman–Crippen MR) is 119 cm³/mol. The molecular formula is C19H38N4O7S. The highest BCUT2D eigenvalue weighted by atomic mass is 32.2. The fraction of sp³-hybridized carbons (Fsp3) is 0.842. The number of ketones is 1. The maximum Gasteiger partial charge on any atom is 0.246 e. The van der Waals surface area contributed by atoms with Gasteiger partial charge in [-0.2, -0.15) is 0 Å². The predicted octanol–water partition coefficient (Wildman–Crippen LogP) is -1.85. The van der Waals surface area contributed by atoms with E-state index in [1.54, 1.807) is 7.05 Å². The molecule has 0 spiro atoms. The van der Waals surface area contributed by atoms with Crippen molar-refractivity contribution in [1.82, 2.24) is 16.0 Å². The number of carbonyl (C=O) groups is 3. The lowest BCUT2D eigenvalue weighted by atomic mass is 10.2. The van der Waals surface area contributed by atoms with Crippen molar-refractivity contribution in [1.29, 1.82) is 0 Å². The van der Waals surface area contributed by atoms with Crippen molar-refractivity contribution in [3.05, 3.63) is 0 Å². The molecule has 0 aliphatic carbocycles. The highest BCUT2D eigenvalue weighted by molar-refractivity contribution is 8.00. The van der Waals surface area contributed by atoms with E-state index in [1.807, 2.05) is 0 Å². The van der Waals surface area contributed by atoms with Gasteiger partial charge >= 0.3 is 0 Å². The van der Waals surface area contributed by atoms with E-state index in [0.29, 0.717) is 77.4 Å². The molecule has 0 aromatic carbocycles. The third-order valence-corrected chi connectivity index (χ3v) is 4.77. The van der Waals surface area contributed by atoms with Crippen LogP contribution in [0.15, 0.2) is 0 Å². The second-order valence-corrected chi connectivity index (χ2v) is 7.38. The van der Waals surface area contributed by atoms with E-state index in [4.69, 9.17) is 24.7 Å². The summed E-state index contributed by atoms with van der Waals surface area (Å²) in [6.45, 7) is 5.54. The molecule has 1 atom stereocenters. The smallest absolute Gasteiger partial charge is 0.246 e. The van der Waals surface area contributed by atoms with Gasteiger partial charge in [0.1, 0.15) is 12.4 Å². The Morgan fingerprint density at radius 1 is 0.839 bits per heavy atom. The summed E-state index contributed by atoms with van der Waals surface area (Å²) in [7, 11) is 1.73. The normalized spacial score (nSPS) is 11.8. The highest BCUT2D eigenvalue weighted by Gasteiger charge is 2.12. The van der Waals surface area contributed by atoms with Crippen molar-refractivity contribution in [2.75, 3.05) is 91.0 Å². The molecule has 0 radical (unpaired) electrons. The molecule has 31 heavy (non-hydrogen) atoms. The van der Waals surface area contributed by atoms with Crippen LogP contribution in [-0.2, 0) is 33.3 Å². The van der Waals surface area contributed by atoms with Crippen molar-refractivity contribution in [3.63, 3.8) is 0 Å². The molecule has 11 nitrogen and oxygen atoms in total. The van der Waals surface area contributed by atoms with Crippen molar-refractivity contribution >= 4 is 29.4 Å². The molecule has 182 valence electrons. The summed E-state index contributed by atoms with van der Waals surface area (Å²) in [5.74, 6) is 0.613. The summed E-state index contributed by atoms with van der Waals surface area (Å²) in [6, 6.07) is -0.227. The molecule has 0 heterocycles. The van der Waals surface area contributed by atoms with Crippen molar-refractivity contribution in [3.8, 4) is 0 Å². The highest BCUT2D eigenvalue weighted by Crippen LogP contribution is 2.03. The van der Waals surface area contributed by atoms with Crippen LogP contribution in [-0.4, -0.2) is 115 Å². The molecule has 2 amide bonds. The maximum absolute atomic E-state index is 11.7. The number of nitrogens with one attached hydrogen (secondary N) is 3. The summed E-state index contributed by atoms with van der Waals surface area (Å²) >= 11 is 1.41. The largest absolute Gasteiger partial charge is 0.378 e. The van der Waals surface area contributed by atoms with Crippen LogP contribution >= 0.6 is 11.8 Å². The lowest BCUT2D eigenvalue weighted by molar-refractivity contribution is -0.126. The Morgan fingerprint density at radius 3 is 1.94 bits per heavy atom. The Balaban J connectivity index is 3.36. The van der Waals surface area contributed by atoms with Crippen LogP contribution < -0.4 is 21.7 Å². The molecule has 12 heteroatoms. The summed E-state index contributed by atoms with van der Waals surface area (Å²) in [5, 5.41) is 8.35. The molecule has 5 N–H and O–H groups in total. The number of nitrogens with two attached hydrogens (primary N) is 1. The maximum atomic E-state index is 11.7. The van der Waals surface area contributed by atoms with E-state index < -0.39 is 0 Å². The van der Waals surface area contributed by atoms with Crippen LogP contribution in [0.2, 0.25) is 0 Å². The first kappa shape index (κ1) is 29.7. The summed E-state index contributed by atoms with van der Waals surface area (Å²) in [5.41, 5.74) is 5.28. The average Bonchev–Trinajstić information content (AvgIpc) is 2.74. The van der Waals surface area contributed by atoms with Crippen LogP contribution in [0.4, 0.5) is 0 Å². The second-order valence-electron chi connectivity index (χ2n) is 6.35. The zero-order valence-corrected chi connectivity index (χ0v) is 19.4. The first-order valence-corrected chi connectivity index (χ1v) is 11.5. The zero-order chi connectivity index (χ0) is 23.2. The number of rotatable bonds is 22. The molecule has 0 rings (SSSR count). The average molecular weight is 467 g/mol. The third-order valence-electron chi connectivity index (χ3n) is 3.73. The van der Waals surface area contributed by atoms with Gasteiger partial charge in [-0.15, -0.1) is 11.8 Å². The van der Waals surface area contributed by atoms with Gasteiger partial charge in [-0.1, -0.05) is 0 Å². The minimum atomic E-state index is -0.227. The van der Waals surface area contributed by atoms with E-state index in [2.05, 4.69) is 16.0 Å². The molecule has 0 unspecified atom stereocenters. The molecule has 0 bridgehead atoms. The van der Waals surface area contributed by atoms with E-state index in [1.165, 1.54) is 18.7 Å². The van der Waals surface area contributed by atoms with Gasteiger partial charge in [0.2, 0.25) is 11.8 Å². The SMILES string of the molecule is CN[C@@H](CSCC(=O)NCCOCCOCCNC(=O)COCCOCCN)C(C)=O. The molecule has 0 aromatic heterocycles. The number of likely N-dealkylation sites (N-methyl/N-ethyl adjacent to an activating group) is 1. The van der Waals surface area contributed by atoms with E-state index in [9.17, 15) is 14.4 Å². The van der Waals surface area contributed by atoms with Gasteiger partial charge in [0.25, 0.3) is 0 Å². The third kappa shape index (κ3) is 20.4. The molecule has 0 fully saturated rings. The monoisotopic (exact) mass is 466 g/mol. The Hall–Kier alpha value is -1.28. The van der Waals surface area contributed by atoms with Crippen LogP contribution in [0, 0.1) is 0 Å². The van der Waals surface area contributed by atoms with Crippen LogP contribution in [0.25, 0.3) is 0 Å². The Morgan fingerprint density at radius 2 is 1.39 bits per heavy atom. The first-order chi connectivity index (χ1) is 15.0. The van der Waals surface area contributed by atoms with Gasteiger partial charge in [0.05, 0.1) is 58.0 Å². The van der Waals surface area contributed by atoms with Gasteiger partial charge in [0, 0.05) is 25.4 Å². The number of thioether (sulfide) groups is 1. The lowest BCUT2D eigenvalue weighted by Gasteiger charge is -2.12. The minimum absolute atomic E-state index is 0.0217. The fourth-order valence-corrected chi connectivity index (χ4v) is 3.13. The Bertz CT molecular complexity index is 486. The first-order valence-electron chi connectivity index (χ1n) is 10.3. The Labute approximate surface area is 188 Å². The summed E-state index contributed by atoms with van der Waals surface area (Å²) in [4.78, 5) is 34.5. The van der Waals surface area contributed by atoms with Gasteiger partial charge in [-0.3, -0.25) is 14.4 Å². The van der Waals surface area contributed by atoms with Gasteiger partial charge in [0.15, 0.2) is 0 Å². The number of carbonyl (C=O) groups excluding carboxylic acids is 3. The van der Waals surface area contributed by atoms with Crippen molar-refractivity contribution in [2.45, 2.75) is 13.0 Å². The Kier molecular flexibility index (Phi) is 21.0. The molecule has 0 aliphatic heterocycles. The topological polar surface area (TPSA) is 150 Å². The fourth-order valence-electron chi connectivity index (χ4n) is 2.09. The molecule has 0 aliphatic rings. The zero-order valence-electron chi connectivity index (χ0n) is 18.6. The van der Waals surface area contributed by atoms with Crippen LogP contribution in [0.3, 0.4) is 0 Å². The van der Waals surface area contributed by atoms with Crippen LogP contribution in [0.5, 0.6) is 0 Å². The summed E-state index contributed by atoms with van der Waals surface area (Å²) < 4.78 is 21.0. The van der Waals surface area contributed by atoms with Gasteiger partial charge in [-0.05, 0) is 14.0 Å². The van der Waals surface area contributed by atoms with Crippen molar-refractivity contribution < 1.29 is 33.3 Å². The van der Waals surface area contributed by atoms with E-state index in [-0.39, 0.29) is 30.2 Å². The molecule has 0 saturated heterocycles. The van der Waals surface area contributed by atoms with Gasteiger partial charge in [-0.25, -0.2) is 0 Å². The molecule has 0 saturated carbocycles. The second kappa shape index (κ2) is 21.9. The van der Waals surface area contributed by atoms with E-state index >= 15 is 0 Å². The number of hydrogen-bond donors (Lipinski definition) is 4. The van der Waals surface area contributed by atoms with Crippen molar-refractivity contribution in [2.24, 2.45) is 5.73 Å². The quantitative estimate of drug-likeness (QED) is 0.134. The minimum Gasteiger partial charge on any atom is -0.378 e.